The SMILES string of the molecule is CN1CCN(S(=O)(=O)c2ccccc2CNC(=O)C[C@@H]2CCC[C@H]2N)CC1.Cl.Cl. The molecule has 0 aromatic heterocycles. The summed E-state index contributed by atoms with van der Waals surface area (Å²) in [5.41, 5.74) is 6.67. The van der Waals surface area contributed by atoms with Crippen molar-refractivity contribution < 1.29 is 13.2 Å². The maximum Gasteiger partial charge on any atom is 0.243 e. The highest BCUT2D eigenvalue weighted by atomic mass is 35.5. The third-order valence-corrected chi connectivity index (χ3v) is 7.69. The average molecular weight is 467 g/mol. The summed E-state index contributed by atoms with van der Waals surface area (Å²) in [6.07, 6.45) is 3.45. The molecule has 1 saturated heterocycles. The van der Waals surface area contributed by atoms with E-state index in [-0.39, 0.29) is 54.1 Å². The van der Waals surface area contributed by atoms with Crippen LogP contribution in [-0.4, -0.2) is 62.8 Å². The van der Waals surface area contributed by atoms with Gasteiger partial charge in [-0.25, -0.2) is 8.42 Å². The Hall–Kier alpha value is -0.900. The average Bonchev–Trinajstić information content (AvgIpc) is 3.05. The maximum absolute atomic E-state index is 13.1. The molecule has 1 aromatic rings. The molecular formula is C19H32Cl2N4O3S. The number of nitrogens with zero attached hydrogens (tertiary/aromatic N) is 2. The molecule has 0 radical (unpaired) electrons. The second-order valence-corrected chi connectivity index (χ2v) is 9.56. The summed E-state index contributed by atoms with van der Waals surface area (Å²) >= 11 is 0. The van der Waals surface area contributed by atoms with Crippen LogP contribution in [0, 0.1) is 5.92 Å². The summed E-state index contributed by atoms with van der Waals surface area (Å²) in [7, 11) is -1.57. The van der Waals surface area contributed by atoms with Crippen LogP contribution in [0.1, 0.15) is 31.2 Å². The summed E-state index contributed by atoms with van der Waals surface area (Å²) < 4.78 is 27.7. The number of nitrogens with two attached hydrogens (primary N) is 1. The van der Waals surface area contributed by atoms with E-state index in [2.05, 4.69) is 10.2 Å². The largest absolute Gasteiger partial charge is 0.352 e. The van der Waals surface area contributed by atoms with E-state index in [1.807, 2.05) is 7.05 Å². The molecule has 2 aliphatic rings. The predicted octanol–water partition coefficient (Wildman–Crippen LogP) is 1.60. The lowest BCUT2D eigenvalue weighted by Gasteiger charge is -2.32. The van der Waals surface area contributed by atoms with Gasteiger partial charge < -0.3 is 16.0 Å². The number of benzene rings is 1. The fourth-order valence-electron chi connectivity index (χ4n) is 3.89. The molecule has 3 rings (SSSR count). The normalized spacial score (nSPS) is 23.1. The lowest BCUT2D eigenvalue weighted by Crippen LogP contribution is -2.47. The van der Waals surface area contributed by atoms with E-state index < -0.39 is 10.0 Å². The van der Waals surface area contributed by atoms with Crippen LogP contribution in [0.4, 0.5) is 0 Å². The number of halogens is 2. The van der Waals surface area contributed by atoms with Crippen molar-refractivity contribution >= 4 is 40.7 Å². The van der Waals surface area contributed by atoms with Gasteiger partial charge in [-0.15, -0.1) is 24.8 Å². The topological polar surface area (TPSA) is 95.7 Å². The Morgan fingerprint density at radius 2 is 1.79 bits per heavy atom. The zero-order valence-electron chi connectivity index (χ0n) is 16.7. The number of carbonyl (C=O) groups is 1. The van der Waals surface area contributed by atoms with E-state index in [9.17, 15) is 13.2 Å². The third kappa shape index (κ3) is 6.54. The summed E-state index contributed by atoms with van der Waals surface area (Å²) in [4.78, 5) is 14.7. The summed E-state index contributed by atoms with van der Waals surface area (Å²) in [5, 5.41) is 2.88. The molecule has 0 bridgehead atoms. The molecule has 2 atom stereocenters. The Labute approximate surface area is 186 Å². The first-order valence-electron chi connectivity index (χ1n) is 9.67. The molecule has 10 heteroatoms. The van der Waals surface area contributed by atoms with Crippen LogP contribution in [0.3, 0.4) is 0 Å². The van der Waals surface area contributed by atoms with Gasteiger partial charge in [-0.1, -0.05) is 24.6 Å². The van der Waals surface area contributed by atoms with Gasteiger partial charge in [0.1, 0.15) is 0 Å². The number of nitrogens with one attached hydrogen (secondary N) is 1. The van der Waals surface area contributed by atoms with Crippen LogP contribution in [0.25, 0.3) is 0 Å². The van der Waals surface area contributed by atoms with Gasteiger partial charge in [0.25, 0.3) is 0 Å². The minimum atomic E-state index is -3.56. The number of likely N-dealkylation sites (N-methyl/N-ethyl adjacent to an activating group) is 1. The van der Waals surface area contributed by atoms with Gasteiger partial charge in [0, 0.05) is 45.2 Å². The van der Waals surface area contributed by atoms with Gasteiger partial charge in [-0.3, -0.25) is 4.79 Å². The van der Waals surface area contributed by atoms with Gasteiger partial charge >= 0.3 is 0 Å². The van der Waals surface area contributed by atoms with E-state index >= 15 is 0 Å². The molecule has 1 aliphatic carbocycles. The summed E-state index contributed by atoms with van der Waals surface area (Å²) in [6.45, 7) is 2.63. The Bertz CT molecular complexity index is 770. The minimum Gasteiger partial charge on any atom is -0.352 e. The smallest absolute Gasteiger partial charge is 0.243 e. The number of amides is 1. The first kappa shape index (κ1) is 26.1. The van der Waals surface area contributed by atoms with E-state index in [1.54, 1.807) is 24.3 Å². The standard InChI is InChI=1S/C19H30N4O3S.2ClH/c1-22-9-11-23(12-10-22)27(25,26)18-8-3-2-5-16(18)14-21-19(24)13-15-6-4-7-17(15)20;;/h2-3,5,8,15,17H,4,6-7,9-14,20H2,1H3,(H,21,24);2*1H/t15-,17+;;/m0../s1. The highest BCUT2D eigenvalue weighted by Gasteiger charge is 2.30. The number of sulfonamides is 1. The fourth-order valence-corrected chi connectivity index (χ4v) is 5.54. The van der Waals surface area contributed by atoms with Crippen molar-refractivity contribution in [2.45, 2.75) is 43.2 Å². The van der Waals surface area contributed by atoms with E-state index in [0.717, 1.165) is 32.4 Å². The van der Waals surface area contributed by atoms with Crippen molar-refractivity contribution in [2.75, 3.05) is 33.2 Å². The van der Waals surface area contributed by atoms with E-state index in [4.69, 9.17) is 5.73 Å². The van der Waals surface area contributed by atoms with Crippen LogP contribution in [0.2, 0.25) is 0 Å². The highest BCUT2D eigenvalue weighted by Crippen LogP contribution is 2.27. The van der Waals surface area contributed by atoms with Crippen molar-refractivity contribution in [3.8, 4) is 0 Å². The molecule has 7 nitrogen and oxygen atoms in total. The zero-order chi connectivity index (χ0) is 19.4. The van der Waals surface area contributed by atoms with Gasteiger partial charge in [0.15, 0.2) is 0 Å². The van der Waals surface area contributed by atoms with Crippen LogP contribution >= 0.6 is 24.8 Å². The monoisotopic (exact) mass is 466 g/mol. The molecule has 2 fully saturated rings. The number of hydrogen-bond acceptors (Lipinski definition) is 5. The highest BCUT2D eigenvalue weighted by molar-refractivity contribution is 7.89. The minimum absolute atomic E-state index is 0. The number of piperazine rings is 1. The Morgan fingerprint density at radius 1 is 1.14 bits per heavy atom. The van der Waals surface area contributed by atoms with Crippen molar-refractivity contribution in [3.05, 3.63) is 29.8 Å². The van der Waals surface area contributed by atoms with Gasteiger partial charge in [-0.2, -0.15) is 4.31 Å². The lowest BCUT2D eigenvalue weighted by molar-refractivity contribution is -0.122. The van der Waals surface area contributed by atoms with Crippen molar-refractivity contribution in [1.82, 2.24) is 14.5 Å². The molecule has 1 amide bonds. The molecule has 1 saturated carbocycles. The molecule has 29 heavy (non-hydrogen) atoms. The van der Waals surface area contributed by atoms with Crippen LogP contribution in [0.15, 0.2) is 29.2 Å². The van der Waals surface area contributed by atoms with E-state index in [1.165, 1.54) is 4.31 Å². The van der Waals surface area contributed by atoms with Crippen LogP contribution < -0.4 is 11.1 Å². The molecule has 1 heterocycles. The molecular weight excluding hydrogens is 435 g/mol. The number of carbonyl (C=O) groups excluding carboxylic acids is 1. The van der Waals surface area contributed by atoms with Crippen molar-refractivity contribution in [3.63, 3.8) is 0 Å². The predicted molar refractivity (Wildman–Crippen MR) is 119 cm³/mol. The Balaban J connectivity index is 0.00000210. The zero-order valence-corrected chi connectivity index (χ0v) is 19.2. The molecule has 0 unspecified atom stereocenters. The van der Waals surface area contributed by atoms with Crippen LogP contribution in [0.5, 0.6) is 0 Å². The third-order valence-electron chi connectivity index (χ3n) is 5.69. The molecule has 3 N–H and O–H groups in total. The molecule has 166 valence electrons. The molecule has 1 aliphatic heterocycles. The van der Waals surface area contributed by atoms with Crippen LogP contribution in [-0.2, 0) is 21.4 Å². The Morgan fingerprint density at radius 3 is 2.41 bits per heavy atom. The van der Waals surface area contributed by atoms with Gasteiger partial charge in [0.2, 0.25) is 15.9 Å². The molecule has 1 aromatic carbocycles. The molecule has 0 spiro atoms. The summed E-state index contributed by atoms with van der Waals surface area (Å²) in [6, 6.07) is 7.02. The number of rotatable bonds is 6. The first-order chi connectivity index (χ1) is 12.9. The number of hydrogen-bond donors (Lipinski definition) is 2. The van der Waals surface area contributed by atoms with Gasteiger partial charge in [-0.05, 0) is 37.4 Å². The second-order valence-electron chi connectivity index (χ2n) is 7.65. The van der Waals surface area contributed by atoms with Crippen molar-refractivity contribution in [2.24, 2.45) is 11.7 Å². The Kier molecular flexibility index (Phi) is 10.3. The van der Waals surface area contributed by atoms with E-state index in [0.29, 0.717) is 25.1 Å². The second kappa shape index (κ2) is 11.5. The fraction of sp³-hybridized carbons (Fsp3) is 0.632. The van der Waals surface area contributed by atoms with Gasteiger partial charge in [0.05, 0.1) is 4.90 Å². The quantitative estimate of drug-likeness (QED) is 0.663. The summed E-state index contributed by atoms with van der Waals surface area (Å²) in [5.74, 6) is 0.165. The first-order valence-corrected chi connectivity index (χ1v) is 11.1. The maximum atomic E-state index is 13.1. The lowest BCUT2D eigenvalue weighted by atomic mass is 10.00. The van der Waals surface area contributed by atoms with Crippen molar-refractivity contribution in [1.29, 1.82) is 0 Å².